The molecule has 0 unspecified atom stereocenters. The largest absolute Gasteiger partial charge is 0.465 e. The third-order valence-electron chi connectivity index (χ3n) is 2.15. The maximum Gasteiger partial charge on any atom is 0.404 e. The van der Waals surface area contributed by atoms with Crippen molar-refractivity contribution in [1.29, 1.82) is 0 Å². The quantitative estimate of drug-likeness (QED) is 0.543. The molecule has 1 rings (SSSR count). The maximum atomic E-state index is 12.9. The van der Waals surface area contributed by atoms with Gasteiger partial charge < -0.3 is 16.2 Å². The molecule has 0 aromatic carbocycles. The first-order valence-electron chi connectivity index (χ1n) is 3.98. The zero-order valence-corrected chi connectivity index (χ0v) is 6.66. The monoisotopic (exact) mass is 176 g/mol. The van der Waals surface area contributed by atoms with Crippen LogP contribution in [-0.4, -0.2) is 29.5 Å². The number of nitrogens with one attached hydrogen (secondary N) is 1. The van der Waals surface area contributed by atoms with Gasteiger partial charge >= 0.3 is 6.09 Å². The van der Waals surface area contributed by atoms with Crippen LogP contribution in [0.2, 0.25) is 0 Å². The van der Waals surface area contributed by atoms with E-state index >= 15 is 0 Å². The first kappa shape index (κ1) is 9.25. The lowest BCUT2D eigenvalue weighted by molar-refractivity contribution is 0.162. The SMILES string of the molecule is N[C@@H]1CC[C@@H](NC(=O)O)C[C@@H]1F. The van der Waals surface area contributed by atoms with Crippen LogP contribution in [0.3, 0.4) is 0 Å². The van der Waals surface area contributed by atoms with E-state index in [0.29, 0.717) is 12.8 Å². The number of amides is 1. The van der Waals surface area contributed by atoms with Crippen molar-refractivity contribution in [2.24, 2.45) is 5.73 Å². The summed E-state index contributed by atoms with van der Waals surface area (Å²) in [6.45, 7) is 0. The minimum atomic E-state index is -1.09. The van der Waals surface area contributed by atoms with Crippen molar-refractivity contribution in [1.82, 2.24) is 5.32 Å². The Bertz CT molecular complexity index is 177. The average Bonchev–Trinajstić information content (AvgIpc) is 1.96. The molecule has 5 heteroatoms. The summed E-state index contributed by atoms with van der Waals surface area (Å²) in [6, 6.07) is -0.686. The number of nitrogens with two attached hydrogens (primary N) is 1. The van der Waals surface area contributed by atoms with Crippen molar-refractivity contribution >= 4 is 6.09 Å². The third kappa shape index (κ3) is 2.34. The van der Waals surface area contributed by atoms with E-state index in [1.807, 2.05) is 0 Å². The number of rotatable bonds is 1. The van der Waals surface area contributed by atoms with Gasteiger partial charge in [0.2, 0.25) is 0 Å². The summed E-state index contributed by atoms with van der Waals surface area (Å²) >= 11 is 0. The zero-order valence-electron chi connectivity index (χ0n) is 6.66. The highest BCUT2D eigenvalue weighted by atomic mass is 19.1. The van der Waals surface area contributed by atoms with E-state index in [1.165, 1.54) is 0 Å². The number of carbonyl (C=O) groups is 1. The average molecular weight is 176 g/mol. The first-order valence-corrected chi connectivity index (χ1v) is 3.98. The second kappa shape index (κ2) is 3.71. The second-order valence-electron chi connectivity index (χ2n) is 3.14. The van der Waals surface area contributed by atoms with Gasteiger partial charge in [0.05, 0.1) is 0 Å². The normalized spacial score (nSPS) is 36.0. The van der Waals surface area contributed by atoms with Crippen molar-refractivity contribution in [2.75, 3.05) is 0 Å². The van der Waals surface area contributed by atoms with Gasteiger partial charge in [-0.15, -0.1) is 0 Å². The fourth-order valence-electron chi connectivity index (χ4n) is 1.44. The van der Waals surface area contributed by atoms with Crippen LogP contribution in [0.5, 0.6) is 0 Å². The number of alkyl halides is 1. The standard InChI is InChI=1S/C7H13FN2O2/c8-5-3-4(10-7(11)12)1-2-6(5)9/h4-6,10H,1-3,9H2,(H,11,12)/t4-,5+,6-/m1/s1. The molecule has 70 valence electrons. The van der Waals surface area contributed by atoms with Crippen LogP contribution >= 0.6 is 0 Å². The Morgan fingerprint density at radius 2 is 2.25 bits per heavy atom. The Kier molecular flexibility index (Phi) is 2.86. The lowest BCUT2D eigenvalue weighted by atomic mass is 9.90. The number of hydrogen-bond acceptors (Lipinski definition) is 2. The molecular weight excluding hydrogens is 163 g/mol. The Morgan fingerprint density at radius 1 is 1.58 bits per heavy atom. The van der Waals surface area contributed by atoms with Gasteiger partial charge in [-0.05, 0) is 12.8 Å². The van der Waals surface area contributed by atoms with Gasteiger partial charge in [0.15, 0.2) is 0 Å². The predicted molar refractivity (Wildman–Crippen MR) is 41.7 cm³/mol. The summed E-state index contributed by atoms with van der Waals surface area (Å²) in [5.74, 6) is 0. The molecular formula is C7H13FN2O2. The molecule has 3 atom stereocenters. The molecule has 0 bridgehead atoms. The minimum Gasteiger partial charge on any atom is -0.465 e. The van der Waals surface area contributed by atoms with Crippen LogP contribution in [-0.2, 0) is 0 Å². The maximum absolute atomic E-state index is 12.9. The van der Waals surface area contributed by atoms with Crippen molar-refractivity contribution < 1.29 is 14.3 Å². The van der Waals surface area contributed by atoms with Gasteiger partial charge in [0.1, 0.15) is 6.17 Å². The molecule has 0 aromatic rings. The Morgan fingerprint density at radius 3 is 2.75 bits per heavy atom. The van der Waals surface area contributed by atoms with Crippen molar-refractivity contribution in [3.63, 3.8) is 0 Å². The fraction of sp³-hybridized carbons (Fsp3) is 0.857. The van der Waals surface area contributed by atoms with Crippen molar-refractivity contribution in [3.8, 4) is 0 Å². The van der Waals surface area contributed by atoms with Crippen LogP contribution in [0.15, 0.2) is 0 Å². The smallest absolute Gasteiger partial charge is 0.404 e. The van der Waals surface area contributed by atoms with E-state index < -0.39 is 18.3 Å². The summed E-state index contributed by atoms with van der Waals surface area (Å²) in [5, 5.41) is 10.6. The number of hydrogen-bond donors (Lipinski definition) is 3. The molecule has 0 spiro atoms. The van der Waals surface area contributed by atoms with Crippen LogP contribution in [0, 0.1) is 0 Å². The van der Waals surface area contributed by atoms with Gasteiger partial charge in [-0.2, -0.15) is 0 Å². The highest BCUT2D eigenvalue weighted by Crippen LogP contribution is 2.20. The minimum absolute atomic E-state index is 0.202. The van der Waals surface area contributed by atoms with Gasteiger partial charge in [-0.3, -0.25) is 0 Å². The van der Waals surface area contributed by atoms with E-state index in [2.05, 4.69) is 5.32 Å². The van der Waals surface area contributed by atoms with Crippen LogP contribution < -0.4 is 11.1 Å². The van der Waals surface area contributed by atoms with E-state index in [9.17, 15) is 9.18 Å². The Balaban J connectivity index is 2.35. The van der Waals surface area contributed by atoms with Crippen LogP contribution in [0.4, 0.5) is 9.18 Å². The van der Waals surface area contributed by atoms with Gasteiger partial charge in [-0.25, -0.2) is 9.18 Å². The van der Waals surface area contributed by atoms with Gasteiger partial charge in [0, 0.05) is 18.5 Å². The predicted octanol–water partition coefficient (Wildman–Crippen LogP) is 0.472. The number of carboxylic acid groups (broad SMARTS) is 1. The molecule has 1 fully saturated rings. The van der Waals surface area contributed by atoms with Crippen LogP contribution in [0.25, 0.3) is 0 Å². The highest BCUT2D eigenvalue weighted by molar-refractivity contribution is 5.64. The first-order chi connectivity index (χ1) is 5.59. The van der Waals surface area contributed by atoms with Crippen molar-refractivity contribution in [2.45, 2.75) is 37.5 Å². The van der Waals surface area contributed by atoms with E-state index in [-0.39, 0.29) is 12.5 Å². The van der Waals surface area contributed by atoms with Crippen LogP contribution in [0.1, 0.15) is 19.3 Å². The molecule has 0 aliphatic heterocycles. The molecule has 1 saturated carbocycles. The van der Waals surface area contributed by atoms with E-state index in [1.54, 1.807) is 0 Å². The lowest BCUT2D eigenvalue weighted by Crippen LogP contribution is -2.45. The Labute approximate surface area is 69.9 Å². The third-order valence-corrected chi connectivity index (χ3v) is 2.15. The summed E-state index contributed by atoms with van der Waals surface area (Å²) in [5.41, 5.74) is 5.42. The molecule has 4 N–H and O–H groups in total. The molecule has 0 saturated heterocycles. The molecule has 0 aromatic heterocycles. The topological polar surface area (TPSA) is 75.3 Å². The van der Waals surface area contributed by atoms with Crippen molar-refractivity contribution in [3.05, 3.63) is 0 Å². The number of halogens is 1. The van der Waals surface area contributed by atoms with Gasteiger partial charge in [0.25, 0.3) is 0 Å². The lowest BCUT2D eigenvalue weighted by Gasteiger charge is -2.28. The molecule has 1 aliphatic rings. The molecule has 4 nitrogen and oxygen atoms in total. The molecule has 12 heavy (non-hydrogen) atoms. The second-order valence-corrected chi connectivity index (χ2v) is 3.14. The summed E-state index contributed by atoms with van der Waals surface area (Å²) in [6.07, 6.45) is -0.786. The van der Waals surface area contributed by atoms with Gasteiger partial charge in [-0.1, -0.05) is 0 Å². The molecule has 0 radical (unpaired) electrons. The highest BCUT2D eigenvalue weighted by Gasteiger charge is 2.28. The summed E-state index contributed by atoms with van der Waals surface area (Å²) in [4.78, 5) is 10.2. The summed E-state index contributed by atoms with van der Waals surface area (Å²) < 4.78 is 12.9. The van der Waals surface area contributed by atoms with E-state index in [4.69, 9.17) is 10.8 Å². The zero-order chi connectivity index (χ0) is 9.14. The summed E-state index contributed by atoms with van der Waals surface area (Å²) in [7, 11) is 0. The molecule has 0 heterocycles. The molecule has 1 aliphatic carbocycles. The fourth-order valence-corrected chi connectivity index (χ4v) is 1.44. The Hall–Kier alpha value is -0.840. The van der Waals surface area contributed by atoms with E-state index in [0.717, 1.165) is 0 Å². The molecule has 1 amide bonds.